The van der Waals surface area contributed by atoms with Crippen LogP contribution < -0.4 is 4.90 Å². The van der Waals surface area contributed by atoms with E-state index in [1.807, 2.05) is 41.3 Å². The topological polar surface area (TPSA) is 70.6 Å². The van der Waals surface area contributed by atoms with E-state index in [0.29, 0.717) is 13.0 Å². The number of halogens is 3. The molecule has 0 unspecified atom stereocenters. The van der Waals surface area contributed by atoms with Crippen LogP contribution in [0.25, 0.3) is 10.9 Å². The molecule has 146 valence electrons. The Hall–Kier alpha value is -3.49. The van der Waals surface area contributed by atoms with Crippen molar-refractivity contribution in [2.45, 2.75) is 18.6 Å². The van der Waals surface area contributed by atoms with Crippen molar-refractivity contribution >= 4 is 16.9 Å². The van der Waals surface area contributed by atoms with Crippen LogP contribution in [0.4, 0.5) is 19.1 Å². The molecule has 0 saturated heterocycles. The Balaban J connectivity index is 1.60. The van der Waals surface area contributed by atoms with Crippen LogP contribution in [0.3, 0.4) is 0 Å². The fourth-order valence-corrected chi connectivity index (χ4v) is 3.64. The lowest BCUT2D eigenvalue weighted by Crippen LogP contribution is -2.38. The van der Waals surface area contributed by atoms with Crippen LogP contribution in [0.15, 0.2) is 55.1 Å². The van der Waals surface area contributed by atoms with E-state index >= 15 is 0 Å². The van der Waals surface area contributed by atoms with E-state index in [1.165, 1.54) is 0 Å². The zero-order chi connectivity index (χ0) is 20.0. The summed E-state index contributed by atoms with van der Waals surface area (Å²) in [5.41, 5.74) is 2.45. The van der Waals surface area contributed by atoms with Crippen LogP contribution >= 0.6 is 0 Å². The van der Waals surface area contributed by atoms with Gasteiger partial charge in [0.15, 0.2) is 0 Å². The summed E-state index contributed by atoms with van der Waals surface area (Å²) < 4.78 is 38.7. The van der Waals surface area contributed by atoms with Crippen molar-refractivity contribution in [3.63, 3.8) is 0 Å². The quantitative estimate of drug-likeness (QED) is 0.556. The van der Waals surface area contributed by atoms with Crippen LogP contribution in [0.5, 0.6) is 0 Å². The number of nitrogens with zero attached hydrogens (tertiary/aromatic N) is 5. The number of aromatic amines is 1. The molecule has 0 spiro atoms. The Bertz CT molecular complexity index is 1170. The Morgan fingerprint density at radius 1 is 1.00 bits per heavy atom. The van der Waals surface area contributed by atoms with Gasteiger partial charge in [0.2, 0.25) is 5.95 Å². The molecule has 0 amide bonds. The number of hydrogen-bond donors (Lipinski definition) is 1. The molecule has 6 nitrogen and oxygen atoms in total. The van der Waals surface area contributed by atoms with Gasteiger partial charge in [0.1, 0.15) is 6.04 Å². The summed E-state index contributed by atoms with van der Waals surface area (Å²) in [6.45, 7) is 0.528. The number of aromatic nitrogens is 5. The van der Waals surface area contributed by atoms with E-state index in [2.05, 4.69) is 19.9 Å². The first kappa shape index (κ1) is 17.6. The number of nitrogens with one attached hydrogen (secondary N) is 1. The molecule has 0 saturated carbocycles. The van der Waals surface area contributed by atoms with Gasteiger partial charge < -0.3 is 9.88 Å². The van der Waals surface area contributed by atoms with Gasteiger partial charge >= 0.3 is 6.18 Å². The summed E-state index contributed by atoms with van der Waals surface area (Å²) in [4.78, 5) is 22.2. The normalized spacial score (nSPS) is 16.8. The zero-order valence-electron chi connectivity index (χ0n) is 15.1. The number of pyridine rings is 1. The standard InChI is InChI=1S/C20H15F3N6/c21-20(22,23)13-9-24-19(25-10-13)29-8-7-15-17(27-11-26-15)18(29)16-6-5-12-3-1-2-4-14(12)28-16/h1-6,9-11,18H,7-8H2,(H,26,27)/t18-/m0/s1. The molecule has 1 aliphatic rings. The molecular weight excluding hydrogens is 381 g/mol. The maximum absolute atomic E-state index is 12.9. The number of para-hydroxylation sites is 1. The zero-order valence-corrected chi connectivity index (χ0v) is 15.1. The number of hydrogen-bond acceptors (Lipinski definition) is 5. The summed E-state index contributed by atoms with van der Waals surface area (Å²) in [6, 6.07) is 11.2. The fraction of sp³-hybridized carbons (Fsp3) is 0.200. The van der Waals surface area contributed by atoms with Crippen molar-refractivity contribution in [1.29, 1.82) is 0 Å². The number of anilines is 1. The van der Waals surface area contributed by atoms with Crippen molar-refractivity contribution < 1.29 is 13.2 Å². The maximum atomic E-state index is 12.9. The smallest absolute Gasteiger partial charge is 0.348 e. The third-order valence-corrected chi connectivity index (χ3v) is 5.05. The second-order valence-corrected chi connectivity index (χ2v) is 6.81. The minimum atomic E-state index is -4.48. The number of alkyl halides is 3. The molecule has 9 heteroatoms. The van der Waals surface area contributed by atoms with Crippen molar-refractivity contribution in [3.8, 4) is 0 Å². The van der Waals surface area contributed by atoms with Crippen LogP contribution in [-0.4, -0.2) is 31.5 Å². The Labute approximate surface area is 163 Å². The van der Waals surface area contributed by atoms with Crippen molar-refractivity contribution in [1.82, 2.24) is 24.9 Å². The molecule has 29 heavy (non-hydrogen) atoms. The Morgan fingerprint density at radius 3 is 2.59 bits per heavy atom. The maximum Gasteiger partial charge on any atom is 0.419 e. The third-order valence-electron chi connectivity index (χ3n) is 5.05. The molecule has 3 aromatic heterocycles. The van der Waals surface area contributed by atoms with E-state index in [9.17, 15) is 13.2 Å². The van der Waals surface area contributed by atoms with Gasteiger partial charge in [0.05, 0.1) is 28.8 Å². The Kier molecular flexibility index (Phi) is 3.97. The highest BCUT2D eigenvalue weighted by Gasteiger charge is 2.35. The number of rotatable bonds is 2. The molecule has 0 bridgehead atoms. The molecule has 0 aliphatic carbocycles. The van der Waals surface area contributed by atoms with Crippen LogP contribution in [0, 0.1) is 0 Å². The van der Waals surface area contributed by atoms with Crippen LogP contribution in [0.2, 0.25) is 0 Å². The number of imidazole rings is 1. The molecule has 5 rings (SSSR count). The van der Waals surface area contributed by atoms with Gasteiger partial charge in [-0.15, -0.1) is 0 Å². The highest BCUT2D eigenvalue weighted by molar-refractivity contribution is 5.78. The first-order valence-electron chi connectivity index (χ1n) is 9.04. The SMILES string of the molecule is FC(F)(F)c1cnc(N2CCc3[nH]cnc3[C@@H]2c2ccc3ccccc3n2)nc1. The predicted octanol–water partition coefficient (Wildman–Crippen LogP) is 3.92. The summed E-state index contributed by atoms with van der Waals surface area (Å²) in [7, 11) is 0. The molecule has 0 radical (unpaired) electrons. The third kappa shape index (κ3) is 3.08. The Morgan fingerprint density at radius 2 is 1.79 bits per heavy atom. The molecule has 4 heterocycles. The summed E-state index contributed by atoms with van der Waals surface area (Å²) >= 11 is 0. The molecule has 1 atom stereocenters. The largest absolute Gasteiger partial charge is 0.419 e. The highest BCUT2D eigenvalue weighted by Crippen LogP contribution is 2.36. The lowest BCUT2D eigenvalue weighted by molar-refractivity contribution is -0.138. The number of H-pyrrole nitrogens is 1. The lowest BCUT2D eigenvalue weighted by Gasteiger charge is -2.34. The van der Waals surface area contributed by atoms with Gasteiger partial charge in [-0.1, -0.05) is 24.3 Å². The van der Waals surface area contributed by atoms with E-state index in [-0.39, 0.29) is 5.95 Å². The first-order chi connectivity index (χ1) is 14.0. The average molecular weight is 396 g/mol. The van der Waals surface area contributed by atoms with Gasteiger partial charge in [-0.05, 0) is 12.1 Å². The second-order valence-electron chi connectivity index (χ2n) is 6.81. The van der Waals surface area contributed by atoms with Gasteiger partial charge in [-0.2, -0.15) is 13.2 Å². The average Bonchev–Trinajstić information content (AvgIpc) is 3.21. The molecular formula is C20H15F3N6. The summed E-state index contributed by atoms with van der Waals surface area (Å²) in [5, 5.41) is 1.01. The van der Waals surface area contributed by atoms with E-state index in [4.69, 9.17) is 4.98 Å². The van der Waals surface area contributed by atoms with E-state index < -0.39 is 17.8 Å². The van der Waals surface area contributed by atoms with E-state index in [1.54, 1.807) is 6.33 Å². The summed E-state index contributed by atoms with van der Waals surface area (Å²) in [6.07, 6.45) is -0.574. The lowest BCUT2D eigenvalue weighted by atomic mass is 9.99. The molecule has 1 aromatic carbocycles. The van der Waals surface area contributed by atoms with Crippen molar-refractivity contribution in [3.05, 3.63) is 77.8 Å². The predicted molar refractivity (Wildman–Crippen MR) is 100 cm³/mol. The van der Waals surface area contributed by atoms with Crippen LogP contribution in [0.1, 0.15) is 28.7 Å². The minimum absolute atomic E-state index is 0.214. The number of fused-ring (bicyclic) bond motifs is 2. The minimum Gasteiger partial charge on any atom is -0.348 e. The van der Waals surface area contributed by atoms with Crippen LogP contribution in [-0.2, 0) is 12.6 Å². The molecule has 1 aliphatic heterocycles. The van der Waals surface area contributed by atoms with Gasteiger partial charge in [0, 0.05) is 36.4 Å². The first-order valence-corrected chi connectivity index (χ1v) is 9.04. The molecule has 0 fully saturated rings. The fourth-order valence-electron chi connectivity index (χ4n) is 3.64. The van der Waals surface area contributed by atoms with E-state index in [0.717, 1.165) is 40.4 Å². The summed E-state index contributed by atoms with van der Waals surface area (Å²) in [5.74, 6) is 0.214. The van der Waals surface area contributed by atoms with Gasteiger partial charge in [0.25, 0.3) is 0 Å². The van der Waals surface area contributed by atoms with Gasteiger partial charge in [-0.3, -0.25) is 4.98 Å². The molecule has 4 aromatic rings. The second kappa shape index (κ2) is 6.54. The molecule has 1 N–H and O–H groups in total. The highest BCUT2D eigenvalue weighted by atomic mass is 19.4. The van der Waals surface area contributed by atoms with Crippen molar-refractivity contribution in [2.24, 2.45) is 0 Å². The monoisotopic (exact) mass is 396 g/mol. The number of benzene rings is 1. The van der Waals surface area contributed by atoms with Gasteiger partial charge in [-0.25, -0.2) is 15.0 Å². The van der Waals surface area contributed by atoms with Crippen molar-refractivity contribution in [2.75, 3.05) is 11.4 Å².